The molecule has 7 heteroatoms. The third kappa shape index (κ3) is 3.65. The Morgan fingerprint density at radius 3 is 2.63 bits per heavy atom. The molecule has 1 amide bonds. The van der Waals surface area contributed by atoms with Crippen molar-refractivity contribution < 1.29 is 9.18 Å². The van der Waals surface area contributed by atoms with Crippen LogP contribution in [0.2, 0.25) is 0 Å². The van der Waals surface area contributed by atoms with E-state index in [0.717, 1.165) is 61.8 Å². The molecule has 3 aliphatic rings. The Morgan fingerprint density at radius 2 is 1.93 bits per heavy atom. The molecule has 3 N–H and O–H groups in total. The van der Waals surface area contributed by atoms with Crippen molar-refractivity contribution in [2.45, 2.75) is 70.4 Å². The Balaban J connectivity index is 0.00000218. The Labute approximate surface area is 183 Å². The number of carbonyl (C=O) groups excluding carboxylic acids is 1. The van der Waals surface area contributed by atoms with Crippen LogP contribution in [0.3, 0.4) is 0 Å². The summed E-state index contributed by atoms with van der Waals surface area (Å²) in [5.74, 6) is 0.522. The first kappa shape index (κ1) is 21.3. The predicted octanol–water partition coefficient (Wildman–Crippen LogP) is 3.87. The fraction of sp³-hybridized carbons (Fsp3) is 0.565. The largest absolute Gasteiger partial charge is 0.347 e. The fourth-order valence-corrected chi connectivity index (χ4v) is 5.85. The lowest BCUT2D eigenvalue weighted by molar-refractivity contribution is 0.0750. The van der Waals surface area contributed by atoms with Crippen LogP contribution in [-0.2, 0) is 12.8 Å². The molecule has 2 fully saturated rings. The highest BCUT2D eigenvalue weighted by atomic mass is 35.5. The van der Waals surface area contributed by atoms with Crippen LogP contribution >= 0.6 is 12.4 Å². The molecule has 5 nitrogen and oxygen atoms in total. The number of carbonyl (C=O) groups is 1. The Bertz CT molecular complexity index is 945. The van der Waals surface area contributed by atoms with E-state index in [-0.39, 0.29) is 36.2 Å². The molecule has 1 heterocycles. The number of benzene rings is 1. The highest BCUT2D eigenvalue weighted by Gasteiger charge is 2.40. The van der Waals surface area contributed by atoms with Crippen molar-refractivity contribution >= 4 is 18.3 Å². The zero-order chi connectivity index (χ0) is 20.1. The monoisotopic (exact) mass is 432 g/mol. The van der Waals surface area contributed by atoms with Gasteiger partial charge in [0.1, 0.15) is 11.5 Å². The van der Waals surface area contributed by atoms with Gasteiger partial charge in [-0.1, -0.05) is 12.5 Å². The van der Waals surface area contributed by atoms with Crippen LogP contribution < -0.4 is 11.1 Å². The second-order valence-electron chi connectivity index (χ2n) is 9.18. The van der Waals surface area contributed by atoms with Gasteiger partial charge in [0.25, 0.3) is 5.91 Å². The standard InChI is InChI=1S/C23H29FN4O.ClH/c1-13-8-9-20(18(24)10-13)28-19-7-3-6-17(19)22(27-28)23(29)26-21-14-4-2-5-15(21)12-16(25)11-14;/h8-10,14-16,21H,2-7,11-12,25H2,1H3,(H,26,29);1H. The second-order valence-corrected chi connectivity index (χ2v) is 9.18. The van der Waals surface area contributed by atoms with Crippen LogP contribution in [-0.4, -0.2) is 27.8 Å². The number of nitrogens with one attached hydrogen (secondary N) is 1. The maximum Gasteiger partial charge on any atom is 0.272 e. The van der Waals surface area contributed by atoms with E-state index < -0.39 is 0 Å². The first-order valence-electron chi connectivity index (χ1n) is 10.9. The van der Waals surface area contributed by atoms with Crippen molar-refractivity contribution in [2.75, 3.05) is 0 Å². The van der Waals surface area contributed by atoms with E-state index in [1.807, 2.05) is 13.0 Å². The maximum absolute atomic E-state index is 14.6. The third-order valence-electron chi connectivity index (χ3n) is 7.15. The van der Waals surface area contributed by atoms with Gasteiger partial charge >= 0.3 is 0 Å². The van der Waals surface area contributed by atoms with Gasteiger partial charge in [-0.3, -0.25) is 4.79 Å². The molecule has 1 aromatic heterocycles. The van der Waals surface area contributed by atoms with E-state index in [1.54, 1.807) is 10.7 Å². The van der Waals surface area contributed by atoms with Crippen LogP contribution in [0.15, 0.2) is 18.2 Å². The van der Waals surface area contributed by atoms with Crippen molar-refractivity contribution in [2.24, 2.45) is 17.6 Å². The topological polar surface area (TPSA) is 72.9 Å². The van der Waals surface area contributed by atoms with Gasteiger partial charge < -0.3 is 11.1 Å². The van der Waals surface area contributed by atoms with Crippen molar-refractivity contribution in [1.82, 2.24) is 15.1 Å². The molecule has 2 unspecified atom stereocenters. The molecular formula is C23H30ClFN4O. The number of rotatable bonds is 3. The molecule has 3 aliphatic carbocycles. The molecule has 2 saturated carbocycles. The fourth-order valence-electron chi connectivity index (χ4n) is 5.85. The summed E-state index contributed by atoms with van der Waals surface area (Å²) in [6.45, 7) is 1.87. The van der Waals surface area contributed by atoms with Gasteiger partial charge in [-0.25, -0.2) is 9.07 Å². The Kier molecular flexibility index (Phi) is 5.90. The van der Waals surface area contributed by atoms with Gasteiger partial charge in [0.05, 0.1) is 0 Å². The number of nitrogens with two attached hydrogens (primary N) is 1. The lowest BCUT2D eigenvalue weighted by atomic mass is 9.67. The van der Waals surface area contributed by atoms with Crippen molar-refractivity contribution in [1.29, 1.82) is 0 Å². The highest BCUT2D eigenvalue weighted by molar-refractivity contribution is 5.94. The number of nitrogens with zero attached hydrogens (tertiary/aromatic N) is 2. The number of aromatic nitrogens is 2. The van der Waals surface area contributed by atoms with E-state index in [4.69, 9.17) is 5.73 Å². The summed E-state index contributed by atoms with van der Waals surface area (Å²) in [5.41, 5.74) is 9.97. The normalized spacial score (nSPS) is 27.3. The van der Waals surface area contributed by atoms with E-state index in [0.29, 0.717) is 23.2 Å². The summed E-state index contributed by atoms with van der Waals surface area (Å²) < 4.78 is 16.3. The van der Waals surface area contributed by atoms with Gasteiger partial charge in [0.2, 0.25) is 0 Å². The molecule has 2 bridgehead atoms. The van der Waals surface area contributed by atoms with Gasteiger partial charge in [0, 0.05) is 23.3 Å². The zero-order valence-corrected chi connectivity index (χ0v) is 18.2. The summed E-state index contributed by atoms with van der Waals surface area (Å²) in [6, 6.07) is 5.60. The molecule has 5 rings (SSSR count). The summed E-state index contributed by atoms with van der Waals surface area (Å²) >= 11 is 0. The van der Waals surface area contributed by atoms with Gasteiger partial charge in [0.15, 0.2) is 5.69 Å². The maximum atomic E-state index is 14.6. The summed E-state index contributed by atoms with van der Waals surface area (Å²) in [7, 11) is 0. The van der Waals surface area contributed by atoms with Gasteiger partial charge in [-0.05, 0) is 81.4 Å². The van der Waals surface area contributed by atoms with Crippen LogP contribution in [0.25, 0.3) is 5.69 Å². The molecule has 1 aromatic carbocycles. The number of halogens is 2. The van der Waals surface area contributed by atoms with E-state index in [1.165, 1.54) is 12.5 Å². The molecule has 162 valence electrons. The second kappa shape index (κ2) is 8.31. The minimum Gasteiger partial charge on any atom is -0.347 e. The molecule has 30 heavy (non-hydrogen) atoms. The van der Waals surface area contributed by atoms with Gasteiger partial charge in [-0.2, -0.15) is 5.10 Å². The van der Waals surface area contributed by atoms with Crippen LogP contribution in [0, 0.1) is 24.6 Å². The molecule has 2 aromatic rings. The lowest BCUT2D eigenvalue weighted by Gasteiger charge is -2.45. The summed E-state index contributed by atoms with van der Waals surface area (Å²) in [5, 5.41) is 7.92. The average Bonchev–Trinajstić information content (AvgIpc) is 3.25. The minimum absolute atomic E-state index is 0. The van der Waals surface area contributed by atoms with E-state index in [9.17, 15) is 9.18 Å². The number of fused-ring (bicyclic) bond motifs is 3. The number of hydrogen-bond acceptors (Lipinski definition) is 3. The van der Waals surface area contributed by atoms with Gasteiger partial charge in [-0.15, -0.1) is 12.4 Å². The molecule has 0 aliphatic heterocycles. The summed E-state index contributed by atoms with van der Waals surface area (Å²) in [6.07, 6.45) is 8.10. The zero-order valence-electron chi connectivity index (χ0n) is 17.4. The van der Waals surface area contributed by atoms with Crippen molar-refractivity contribution in [3.63, 3.8) is 0 Å². The van der Waals surface area contributed by atoms with Crippen LogP contribution in [0.5, 0.6) is 0 Å². The molecule has 2 atom stereocenters. The van der Waals surface area contributed by atoms with E-state index in [2.05, 4.69) is 10.4 Å². The van der Waals surface area contributed by atoms with E-state index >= 15 is 0 Å². The lowest BCUT2D eigenvalue weighted by Crippen LogP contribution is -2.53. The summed E-state index contributed by atoms with van der Waals surface area (Å²) in [4.78, 5) is 13.3. The highest BCUT2D eigenvalue weighted by Crippen LogP contribution is 2.40. The van der Waals surface area contributed by atoms with Crippen LogP contribution in [0.4, 0.5) is 4.39 Å². The number of amides is 1. The van der Waals surface area contributed by atoms with Crippen molar-refractivity contribution in [3.8, 4) is 5.69 Å². The first-order valence-corrected chi connectivity index (χ1v) is 10.9. The molecule has 0 spiro atoms. The molecular weight excluding hydrogens is 403 g/mol. The van der Waals surface area contributed by atoms with Crippen LogP contribution in [0.1, 0.15) is 65.8 Å². The molecule has 0 saturated heterocycles. The Morgan fingerprint density at radius 1 is 1.20 bits per heavy atom. The Hall–Kier alpha value is -1.92. The van der Waals surface area contributed by atoms with Crippen molar-refractivity contribution in [3.05, 3.63) is 46.5 Å². The number of hydrogen-bond donors (Lipinski definition) is 2. The SMILES string of the molecule is Cc1ccc(-n2nc(C(=O)NC3C4CCCC3CC(N)C4)c3c2CCC3)c(F)c1.Cl. The average molecular weight is 433 g/mol. The third-order valence-corrected chi connectivity index (χ3v) is 7.15. The number of aryl methyl sites for hydroxylation is 1. The smallest absolute Gasteiger partial charge is 0.272 e. The quantitative estimate of drug-likeness (QED) is 0.773. The minimum atomic E-state index is -0.301. The predicted molar refractivity (Wildman–Crippen MR) is 117 cm³/mol. The first-order chi connectivity index (χ1) is 14.0. The molecule has 0 radical (unpaired) electrons.